The molecule has 1 N–H and O–H groups in total. The van der Waals surface area contributed by atoms with Gasteiger partial charge in [-0.1, -0.05) is 0 Å². The Morgan fingerprint density at radius 3 is 3.00 bits per heavy atom. The van der Waals surface area contributed by atoms with Crippen molar-refractivity contribution >= 4 is 22.4 Å². The van der Waals surface area contributed by atoms with Crippen molar-refractivity contribution in [1.29, 1.82) is 0 Å². The van der Waals surface area contributed by atoms with Crippen molar-refractivity contribution in [3.05, 3.63) is 38.8 Å². The second-order valence-corrected chi connectivity index (χ2v) is 6.43. The van der Waals surface area contributed by atoms with E-state index in [-0.39, 0.29) is 11.5 Å². The molecule has 0 fully saturated rings. The van der Waals surface area contributed by atoms with Crippen LogP contribution in [0.2, 0.25) is 0 Å². The normalized spacial score (nSPS) is 14.8. The van der Waals surface area contributed by atoms with Gasteiger partial charge >= 0.3 is 0 Å². The van der Waals surface area contributed by atoms with Crippen LogP contribution in [0.4, 0.5) is 5.13 Å². The number of rotatable bonds is 3. The molecule has 0 bridgehead atoms. The van der Waals surface area contributed by atoms with Gasteiger partial charge in [0.1, 0.15) is 6.04 Å². The average molecular weight is 304 g/mol. The van der Waals surface area contributed by atoms with Crippen LogP contribution in [0.25, 0.3) is 0 Å². The van der Waals surface area contributed by atoms with Crippen molar-refractivity contribution in [2.24, 2.45) is 0 Å². The maximum Gasteiger partial charge on any atom is 0.267 e. The fraction of sp³-hybridized carbons (Fsp3) is 0.429. The van der Waals surface area contributed by atoms with Crippen molar-refractivity contribution in [2.75, 3.05) is 5.32 Å². The van der Waals surface area contributed by atoms with Gasteiger partial charge in [0.05, 0.1) is 5.69 Å². The first-order valence-corrected chi connectivity index (χ1v) is 7.71. The first kappa shape index (κ1) is 13.9. The monoisotopic (exact) mass is 304 g/mol. The Balaban J connectivity index is 1.83. The van der Waals surface area contributed by atoms with Gasteiger partial charge in [0.2, 0.25) is 0 Å². The molecular formula is C14H16N4O2S. The highest BCUT2D eigenvalue weighted by Crippen LogP contribution is 2.20. The average Bonchev–Trinajstić information content (AvgIpc) is 3.05. The number of carbonyl (C=O) groups excluding carboxylic acids is 1. The van der Waals surface area contributed by atoms with E-state index in [1.807, 2.05) is 6.92 Å². The third kappa shape index (κ3) is 2.73. The molecule has 2 aromatic rings. The standard InChI is InChI=1S/C14H16N4O2S/c1-8-7-15-14(21-8)16-13(20)9(2)18-12(19)6-10-4-3-5-11(10)17-18/h6-7,9H,3-5H2,1-2H3,(H,15,16,20). The first-order valence-electron chi connectivity index (χ1n) is 6.89. The van der Waals surface area contributed by atoms with Gasteiger partial charge in [-0.05, 0) is 38.7 Å². The number of nitrogens with one attached hydrogen (secondary N) is 1. The molecule has 1 aliphatic rings. The van der Waals surface area contributed by atoms with E-state index in [0.717, 1.165) is 35.4 Å². The zero-order valence-corrected chi connectivity index (χ0v) is 12.7. The van der Waals surface area contributed by atoms with E-state index >= 15 is 0 Å². The number of anilines is 1. The Morgan fingerprint density at radius 2 is 2.29 bits per heavy atom. The Hall–Kier alpha value is -2.02. The van der Waals surface area contributed by atoms with E-state index in [9.17, 15) is 9.59 Å². The van der Waals surface area contributed by atoms with Crippen LogP contribution in [0.5, 0.6) is 0 Å². The van der Waals surface area contributed by atoms with Gasteiger partial charge in [0.15, 0.2) is 5.13 Å². The van der Waals surface area contributed by atoms with Crippen molar-refractivity contribution < 1.29 is 4.79 Å². The van der Waals surface area contributed by atoms with Crippen LogP contribution in [0, 0.1) is 6.92 Å². The summed E-state index contributed by atoms with van der Waals surface area (Å²) in [5.41, 5.74) is 1.72. The fourth-order valence-electron chi connectivity index (χ4n) is 2.43. The molecule has 3 rings (SSSR count). The first-order chi connectivity index (χ1) is 10.0. The van der Waals surface area contributed by atoms with Gasteiger partial charge in [-0.15, -0.1) is 11.3 Å². The molecule has 6 nitrogen and oxygen atoms in total. The minimum Gasteiger partial charge on any atom is -0.300 e. The molecule has 110 valence electrons. The van der Waals surface area contributed by atoms with Crippen molar-refractivity contribution in [3.63, 3.8) is 0 Å². The zero-order chi connectivity index (χ0) is 15.0. The molecule has 21 heavy (non-hydrogen) atoms. The number of hydrogen-bond acceptors (Lipinski definition) is 5. The summed E-state index contributed by atoms with van der Waals surface area (Å²) >= 11 is 1.40. The molecule has 2 aromatic heterocycles. The smallest absolute Gasteiger partial charge is 0.267 e. The molecule has 1 atom stereocenters. The molecule has 0 saturated heterocycles. The van der Waals surface area contributed by atoms with Crippen LogP contribution in [0.15, 0.2) is 17.1 Å². The Morgan fingerprint density at radius 1 is 1.48 bits per heavy atom. The summed E-state index contributed by atoms with van der Waals surface area (Å²) in [7, 11) is 0. The minimum absolute atomic E-state index is 0.228. The lowest BCUT2D eigenvalue weighted by Crippen LogP contribution is -2.33. The molecule has 7 heteroatoms. The topological polar surface area (TPSA) is 76.9 Å². The number of aryl methyl sites for hydroxylation is 3. The maximum atomic E-state index is 12.2. The van der Waals surface area contributed by atoms with E-state index in [4.69, 9.17) is 0 Å². The summed E-state index contributed by atoms with van der Waals surface area (Å²) in [6.45, 7) is 3.59. The lowest BCUT2D eigenvalue weighted by Gasteiger charge is -2.14. The minimum atomic E-state index is -0.660. The van der Waals surface area contributed by atoms with Gasteiger partial charge in [-0.2, -0.15) is 5.10 Å². The third-order valence-corrected chi connectivity index (χ3v) is 4.41. The van der Waals surface area contributed by atoms with Crippen LogP contribution in [-0.2, 0) is 17.6 Å². The number of amides is 1. The number of nitrogens with zero attached hydrogens (tertiary/aromatic N) is 3. The fourth-order valence-corrected chi connectivity index (χ4v) is 3.09. The SMILES string of the molecule is Cc1cnc(NC(=O)C(C)n2nc3c(cc2=O)CCC3)s1. The van der Waals surface area contributed by atoms with E-state index in [1.54, 1.807) is 19.2 Å². The molecule has 1 amide bonds. The zero-order valence-electron chi connectivity index (χ0n) is 11.9. The van der Waals surface area contributed by atoms with Gasteiger partial charge < -0.3 is 5.32 Å². The second kappa shape index (κ2) is 5.40. The van der Waals surface area contributed by atoms with Crippen molar-refractivity contribution in [2.45, 2.75) is 39.2 Å². The maximum absolute atomic E-state index is 12.2. The van der Waals surface area contributed by atoms with Crippen LogP contribution in [0.3, 0.4) is 0 Å². The largest absolute Gasteiger partial charge is 0.300 e. The van der Waals surface area contributed by atoms with Crippen LogP contribution in [-0.4, -0.2) is 20.7 Å². The second-order valence-electron chi connectivity index (χ2n) is 5.19. The number of carbonyl (C=O) groups is 1. The number of fused-ring (bicyclic) bond motifs is 1. The molecule has 0 radical (unpaired) electrons. The summed E-state index contributed by atoms with van der Waals surface area (Å²) in [6, 6.07) is 0.944. The Labute approximate surface area is 125 Å². The molecule has 1 unspecified atom stereocenters. The van der Waals surface area contributed by atoms with E-state index < -0.39 is 6.04 Å². The number of hydrogen-bond donors (Lipinski definition) is 1. The van der Waals surface area contributed by atoms with Crippen LogP contribution in [0.1, 0.15) is 35.5 Å². The highest BCUT2D eigenvalue weighted by molar-refractivity contribution is 7.15. The molecular weight excluding hydrogens is 288 g/mol. The Kier molecular flexibility index (Phi) is 3.59. The quantitative estimate of drug-likeness (QED) is 0.936. The van der Waals surface area contributed by atoms with Gasteiger partial charge in [-0.25, -0.2) is 9.67 Å². The molecule has 1 aliphatic carbocycles. The van der Waals surface area contributed by atoms with Gasteiger partial charge in [-0.3, -0.25) is 9.59 Å². The van der Waals surface area contributed by atoms with Crippen LogP contribution < -0.4 is 10.9 Å². The van der Waals surface area contributed by atoms with Gasteiger partial charge in [0, 0.05) is 17.1 Å². The van der Waals surface area contributed by atoms with E-state index in [0.29, 0.717) is 5.13 Å². The summed E-state index contributed by atoms with van der Waals surface area (Å²) in [5, 5.41) is 7.61. The lowest BCUT2D eigenvalue weighted by atomic mass is 10.2. The van der Waals surface area contributed by atoms with E-state index in [1.165, 1.54) is 16.0 Å². The predicted molar refractivity (Wildman–Crippen MR) is 80.7 cm³/mol. The summed E-state index contributed by atoms with van der Waals surface area (Å²) in [5.74, 6) is -0.281. The third-order valence-electron chi connectivity index (χ3n) is 3.58. The van der Waals surface area contributed by atoms with Gasteiger partial charge in [0.25, 0.3) is 11.5 Å². The molecule has 0 spiro atoms. The predicted octanol–water partition coefficient (Wildman–Crippen LogP) is 1.70. The van der Waals surface area contributed by atoms with E-state index in [2.05, 4.69) is 15.4 Å². The van der Waals surface area contributed by atoms with Crippen molar-refractivity contribution in [3.8, 4) is 0 Å². The van der Waals surface area contributed by atoms with Crippen LogP contribution >= 0.6 is 11.3 Å². The lowest BCUT2D eigenvalue weighted by molar-refractivity contribution is -0.119. The summed E-state index contributed by atoms with van der Waals surface area (Å²) in [4.78, 5) is 29.4. The molecule has 0 aliphatic heterocycles. The van der Waals surface area contributed by atoms with Crippen molar-refractivity contribution in [1.82, 2.24) is 14.8 Å². The Bertz CT molecular complexity index is 750. The highest BCUT2D eigenvalue weighted by atomic mass is 32.1. The molecule has 2 heterocycles. The summed E-state index contributed by atoms with van der Waals surface area (Å²) < 4.78 is 1.26. The molecule has 0 aromatic carbocycles. The number of thiazole rings is 1. The highest BCUT2D eigenvalue weighted by Gasteiger charge is 2.22. The molecule has 0 saturated carbocycles. The number of aromatic nitrogens is 3. The summed E-state index contributed by atoms with van der Waals surface area (Å²) in [6.07, 6.45) is 4.49.